The summed E-state index contributed by atoms with van der Waals surface area (Å²) in [6, 6.07) is 6.55. The molecule has 3 N–H and O–H groups in total. The number of methoxy groups -OCH3 is 1. The number of carbonyl (C=O) groups is 1. The first-order valence-electron chi connectivity index (χ1n) is 6.21. The van der Waals surface area contributed by atoms with Gasteiger partial charge in [-0.2, -0.15) is 0 Å². The van der Waals surface area contributed by atoms with Crippen LogP contribution in [0.3, 0.4) is 0 Å². The van der Waals surface area contributed by atoms with E-state index >= 15 is 0 Å². The average molecular weight is 356 g/mol. The van der Waals surface area contributed by atoms with E-state index in [4.69, 9.17) is 33.7 Å². The number of amides is 1. The zero-order valence-corrected chi connectivity index (χ0v) is 13.3. The van der Waals surface area contributed by atoms with E-state index in [2.05, 4.69) is 5.32 Å². The van der Waals surface area contributed by atoms with Gasteiger partial charge in [-0.05, 0) is 18.2 Å². The minimum atomic E-state index is -0.609. The van der Waals surface area contributed by atoms with Gasteiger partial charge in [0.25, 0.3) is 11.6 Å². The smallest absolute Gasteiger partial charge is 0.270 e. The summed E-state index contributed by atoms with van der Waals surface area (Å²) in [6.45, 7) is 0. The quantitative estimate of drug-likeness (QED) is 0.493. The number of benzene rings is 2. The number of halogens is 2. The van der Waals surface area contributed by atoms with Crippen molar-refractivity contribution in [2.45, 2.75) is 0 Å². The molecule has 0 saturated carbocycles. The van der Waals surface area contributed by atoms with Crippen LogP contribution in [-0.4, -0.2) is 17.9 Å². The van der Waals surface area contributed by atoms with Gasteiger partial charge in [0.05, 0.1) is 33.3 Å². The summed E-state index contributed by atoms with van der Waals surface area (Å²) in [5.41, 5.74) is 5.89. The van der Waals surface area contributed by atoms with Crippen LogP contribution in [0.15, 0.2) is 30.3 Å². The summed E-state index contributed by atoms with van der Waals surface area (Å²) in [5.74, 6) is -0.414. The average Bonchev–Trinajstić information content (AvgIpc) is 2.51. The highest BCUT2D eigenvalue weighted by molar-refractivity contribution is 6.39. The van der Waals surface area contributed by atoms with Gasteiger partial charge in [0, 0.05) is 17.8 Å². The number of anilines is 2. The van der Waals surface area contributed by atoms with Crippen LogP contribution in [0.25, 0.3) is 0 Å². The lowest BCUT2D eigenvalue weighted by Crippen LogP contribution is -2.13. The molecule has 2 aromatic rings. The first-order chi connectivity index (χ1) is 10.8. The van der Waals surface area contributed by atoms with Crippen molar-refractivity contribution in [2.24, 2.45) is 0 Å². The second-order valence-corrected chi connectivity index (χ2v) is 5.26. The Balaban J connectivity index is 2.37. The fraction of sp³-hybridized carbons (Fsp3) is 0.0714. The third-order valence-electron chi connectivity index (χ3n) is 2.98. The molecule has 0 fully saturated rings. The first-order valence-corrected chi connectivity index (χ1v) is 6.97. The maximum Gasteiger partial charge on any atom is 0.270 e. The molecule has 0 aliphatic rings. The van der Waals surface area contributed by atoms with Gasteiger partial charge in [0.1, 0.15) is 5.75 Å². The third kappa shape index (κ3) is 3.64. The lowest BCUT2D eigenvalue weighted by Gasteiger charge is -2.11. The predicted octanol–water partition coefficient (Wildman–Crippen LogP) is 3.74. The number of rotatable bonds is 4. The molecule has 0 bridgehead atoms. The summed E-state index contributed by atoms with van der Waals surface area (Å²) >= 11 is 11.8. The molecule has 1 amide bonds. The van der Waals surface area contributed by atoms with Crippen LogP contribution in [-0.2, 0) is 0 Å². The molecule has 0 atom stereocenters. The van der Waals surface area contributed by atoms with E-state index in [0.29, 0.717) is 5.69 Å². The molecule has 0 aliphatic heterocycles. The highest BCUT2D eigenvalue weighted by Gasteiger charge is 2.18. The second kappa shape index (κ2) is 6.72. The summed E-state index contributed by atoms with van der Waals surface area (Å²) in [7, 11) is 1.36. The van der Waals surface area contributed by atoms with E-state index in [-0.39, 0.29) is 32.7 Å². The molecule has 9 heteroatoms. The molecule has 120 valence electrons. The van der Waals surface area contributed by atoms with E-state index < -0.39 is 10.8 Å². The van der Waals surface area contributed by atoms with E-state index in [9.17, 15) is 14.9 Å². The van der Waals surface area contributed by atoms with Crippen LogP contribution in [0.5, 0.6) is 5.75 Å². The van der Waals surface area contributed by atoms with Gasteiger partial charge < -0.3 is 15.8 Å². The topological polar surface area (TPSA) is 107 Å². The molecule has 2 aromatic carbocycles. The number of carbonyl (C=O) groups excluding carboxylic acids is 1. The van der Waals surface area contributed by atoms with Crippen molar-refractivity contribution in [1.29, 1.82) is 0 Å². The number of ether oxygens (including phenoxy) is 1. The van der Waals surface area contributed by atoms with Crippen molar-refractivity contribution in [3.05, 3.63) is 56.1 Å². The Morgan fingerprint density at radius 2 is 1.87 bits per heavy atom. The zero-order valence-electron chi connectivity index (χ0n) is 11.8. The summed E-state index contributed by atoms with van der Waals surface area (Å²) in [4.78, 5) is 22.6. The van der Waals surface area contributed by atoms with Crippen molar-refractivity contribution in [2.75, 3.05) is 18.2 Å². The van der Waals surface area contributed by atoms with Crippen LogP contribution in [0.2, 0.25) is 10.0 Å². The molecule has 0 radical (unpaired) electrons. The molecule has 0 saturated heterocycles. The van der Waals surface area contributed by atoms with Crippen LogP contribution < -0.4 is 15.8 Å². The van der Waals surface area contributed by atoms with E-state index in [1.165, 1.54) is 31.4 Å². The standard InChI is InChI=1S/C14H11Cl2N3O4/c1-23-12-3-2-8(19(21)22)6-9(12)14(20)18-7-4-10(15)13(17)11(16)5-7/h2-6H,17H2,1H3,(H,18,20). The molecule has 0 spiro atoms. The SMILES string of the molecule is COc1ccc([N+](=O)[O-])cc1C(=O)Nc1cc(Cl)c(N)c(Cl)c1. The van der Waals surface area contributed by atoms with Gasteiger partial charge in [-0.3, -0.25) is 14.9 Å². The summed E-state index contributed by atoms with van der Waals surface area (Å²) < 4.78 is 5.05. The van der Waals surface area contributed by atoms with E-state index in [0.717, 1.165) is 6.07 Å². The fourth-order valence-electron chi connectivity index (χ4n) is 1.84. The monoisotopic (exact) mass is 355 g/mol. The molecule has 2 rings (SSSR count). The van der Waals surface area contributed by atoms with E-state index in [1.54, 1.807) is 0 Å². The number of hydrogen-bond acceptors (Lipinski definition) is 5. The highest BCUT2D eigenvalue weighted by Crippen LogP contribution is 2.32. The van der Waals surface area contributed by atoms with Crippen LogP contribution in [0.1, 0.15) is 10.4 Å². The number of hydrogen-bond donors (Lipinski definition) is 2. The maximum absolute atomic E-state index is 12.3. The zero-order chi connectivity index (χ0) is 17.1. The lowest BCUT2D eigenvalue weighted by atomic mass is 10.1. The molecular formula is C14H11Cl2N3O4. The minimum Gasteiger partial charge on any atom is -0.496 e. The van der Waals surface area contributed by atoms with Gasteiger partial charge in [-0.1, -0.05) is 23.2 Å². The molecule has 0 heterocycles. The number of nitro benzene ring substituents is 1. The Bertz CT molecular complexity index is 773. The number of nitrogen functional groups attached to an aromatic ring is 1. The Morgan fingerprint density at radius 1 is 1.26 bits per heavy atom. The predicted molar refractivity (Wildman–Crippen MR) is 88.5 cm³/mol. The van der Waals surface area contributed by atoms with Crippen LogP contribution in [0.4, 0.5) is 17.1 Å². The highest BCUT2D eigenvalue weighted by atomic mass is 35.5. The normalized spacial score (nSPS) is 10.2. The van der Waals surface area contributed by atoms with Crippen molar-refractivity contribution in [1.82, 2.24) is 0 Å². The van der Waals surface area contributed by atoms with Crippen molar-refractivity contribution in [3.63, 3.8) is 0 Å². The summed E-state index contributed by atoms with van der Waals surface area (Å²) in [5, 5.41) is 13.7. The van der Waals surface area contributed by atoms with Crippen molar-refractivity contribution in [3.8, 4) is 5.75 Å². The van der Waals surface area contributed by atoms with Gasteiger partial charge in [-0.15, -0.1) is 0 Å². The fourth-order valence-corrected chi connectivity index (χ4v) is 2.33. The number of nitro groups is 1. The Kier molecular flexibility index (Phi) is 4.92. The van der Waals surface area contributed by atoms with Gasteiger partial charge in [0.15, 0.2) is 0 Å². The van der Waals surface area contributed by atoms with E-state index in [1.807, 2.05) is 0 Å². The summed E-state index contributed by atoms with van der Waals surface area (Å²) in [6.07, 6.45) is 0. The first kappa shape index (κ1) is 16.9. The van der Waals surface area contributed by atoms with Crippen molar-refractivity contribution < 1.29 is 14.5 Å². The lowest BCUT2D eigenvalue weighted by molar-refractivity contribution is -0.384. The molecule has 0 aliphatic carbocycles. The third-order valence-corrected chi connectivity index (χ3v) is 3.60. The number of nitrogens with zero attached hydrogens (tertiary/aromatic N) is 1. The number of nitrogens with two attached hydrogens (primary N) is 1. The molecule has 7 nitrogen and oxygen atoms in total. The minimum absolute atomic E-state index is 0.00534. The van der Waals surface area contributed by atoms with Gasteiger partial charge in [-0.25, -0.2) is 0 Å². The van der Waals surface area contributed by atoms with Gasteiger partial charge in [0.2, 0.25) is 0 Å². The molecular weight excluding hydrogens is 345 g/mol. The molecule has 23 heavy (non-hydrogen) atoms. The Labute approximate surface area is 141 Å². The van der Waals surface area contributed by atoms with Gasteiger partial charge >= 0.3 is 0 Å². The molecule has 0 unspecified atom stereocenters. The Morgan fingerprint density at radius 3 is 2.39 bits per heavy atom. The van der Waals surface area contributed by atoms with Crippen LogP contribution >= 0.6 is 23.2 Å². The number of nitrogens with one attached hydrogen (secondary N) is 1. The second-order valence-electron chi connectivity index (χ2n) is 4.45. The maximum atomic E-state index is 12.3. The molecule has 0 aromatic heterocycles. The largest absolute Gasteiger partial charge is 0.496 e. The van der Waals surface area contributed by atoms with Crippen molar-refractivity contribution >= 4 is 46.2 Å². The number of non-ortho nitro benzene ring substituents is 1. The van der Waals surface area contributed by atoms with Crippen LogP contribution in [0, 0.1) is 10.1 Å². The Hall–Kier alpha value is -2.51.